The van der Waals surface area contributed by atoms with Crippen LogP contribution in [-0.2, 0) is 19.3 Å². The van der Waals surface area contributed by atoms with E-state index in [1.807, 2.05) is 64.1 Å². The zero-order valence-corrected chi connectivity index (χ0v) is 20.7. The molecule has 4 N–H and O–H groups in total. The number of aryl methyl sites for hydroxylation is 2. The second-order valence-corrected chi connectivity index (χ2v) is 9.40. The van der Waals surface area contributed by atoms with Crippen molar-refractivity contribution < 1.29 is 20.4 Å². The Hall–Kier alpha value is -3.92. The van der Waals surface area contributed by atoms with Gasteiger partial charge in [0.2, 0.25) is 0 Å². The average molecular weight is 469 g/mol. The normalized spacial score (nSPS) is 11.1. The number of para-hydroxylation sites is 2. The van der Waals surface area contributed by atoms with Gasteiger partial charge in [0.25, 0.3) is 0 Å². The first-order valence-electron chi connectivity index (χ1n) is 11.8. The van der Waals surface area contributed by atoms with Crippen LogP contribution in [0.25, 0.3) is 0 Å². The molecule has 0 bridgehead atoms. The molecule has 0 atom stereocenters. The Labute approximate surface area is 206 Å². The monoisotopic (exact) mass is 468 g/mol. The number of hydrogen-bond donors (Lipinski definition) is 4. The molecule has 0 spiro atoms. The SMILES string of the molecule is Cc1cc(Cc2cc(C)c(O)c(Cc3ccccc3O)c2C)c(C)c(Cc2ccccc2O)c1O. The third kappa shape index (κ3) is 4.83. The fraction of sp³-hybridized carbons (Fsp3) is 0.226. The molecule has 0 saturated heterocycles. The lowest BCUT2D eigenvalue weighted by atomic mass is 9.86. The predicted molar refractivity (Wildman–Crippen MR) is 140 cm³/mol. The Morgan fingerprint density at radius 2 is 0.857 bits per heavy atom. The maximum Gasteiger partial charge on any atom is 0.122 e. The van der Waals surface area contributed by atoms with Gasteiger partial charge < -0.3 is 20.4 Å². The zero-order valence-electron chi connectivity index (χ0n) is 20.7. The number of phenols is 4. The quantitative estimate of drug-likeness (QED) is 0.260. The van der Waals surface area contributed by atoms with Gasteiger partial charge in [-0.2, -0.15) is 0 Å². The molecule has 4 aromatic carbocycles. The summed E-state index contributed by atoms with van der Waals surface area (Å²) in [6.07, 6.45) is 1.51. The van der Waals surface area contributed by atoms with E-state index in [4.69, 9.17) is 0 Å². The largest absolute Gasteiger partial charge is 0.508 e. The maximum absolute atomic E-state index is 10.9. The minimum atomic E-state index is 0.216. The highest BCUT2D eigenvalue weighted by molar-refractivity contribution is 5.56. The molecule has 0 amide bonds. The number of hydrogen-bond acceptors (Lipinski definition) is 4. The van der Waals surface area contributed by atoms with Crippen LogP contribution in [0.5, 0.6) is 23.0 Å². The maximum atomic E-state index is 10.9. The Balaban J connectivity index is 1.75. The van der Waals surface area contributed by atoms with Gasteiger partial charge in [-0.3, -0.25) is 0 Å². The summed E-state index contributed by atoms with van der Waals surface area (Å²) >= 11 is 0. The third-order valence-electron chi connectivity index (χ3n) is 7.07. The number of rotatable bonds is 6. The first-order valence-corrected chi connectivity index (χ1v) is 11.8. The highest BCUT2D eigenvalue weighted by Gasteiger charge is 2.19. The molecule has 4 aromatic rings. The van der Waals surface area contributed by atoms with E-state index in [0.29, 0.717) is 19.3 Å². The van der Waals surface area contributed by atoms with Gasteiger partial charge in [0.15, 0.2) is 0 Å². The van der Waals surface area contributed by atoms with Crippen LogP contribution >= 0.6 is 0 Å². The molecule has 0 fully saturated rings. The molecule has 4 heteroatoms. The van der Waals surface area contributed by atoms with Crippen LogP contribution in [0.3, 0.4) is 0 Å². The van der Waals surface area contributed by atoms with Crippen LogP contribution in [0.4, 0.5) is 0 Å². The molecular weight excluding hydrogens is 436 g/mol. The molecular formula is C31H32O4. The molecule has 0 aliphatic rings. The second-order valence-electron chi connectivity index (χ2n) is 9.40. The van der Waals surface area contributed by atoms with Crippen molar-refractivity contribution in [1.29, 1.82) is 0 Å². The number of phenolic OH excluding ortho intramolecular Hbond substituents is 4. The van der Waals surface area contributed by atoms with E-state index < -0.39 is 0 Å². The summed E-state index contributed by atoms with van der Waals surface area (Å²) in [5, 5.41) is 42.2. The van der Waals surface area contributed by atoms with Crippen molar-refractivity contribution in [3.63, 3.8) is 0 Å². The van der Waals surface area contributed by atoms with E-state index in [-0.39, 0.29) is 23.0 Å². The van der Waals surface area contributed by atoms with Crippen LogP contribution in [-0.4, -0.2) is 20.4 Å². The van der Waals surface area contributed by atoms with Crippen molar-refractivity contribution in [2.24, 2.45) is 0 Å². The van der Waals surface area contributed by atoms with Crippen molar-refractivity contribution >= 4 is 0 Å². The minimum Gasteiger partial charge on any atom is -0.508 e. The standard InChI is InChI=1S/C31H32O4/c1-18-13-24(20(3)26(30(18)34)16-22-9-5-7-11-28(22)32)15-25-14-19(2)31(35)27(21(25)4)17-23-10-6-8-12-29(23)33/h5-14,32-35H,15-17H2,1-4H3. The molecule has 4 rings (SSSR count). The highest BCUT2D eigenvalue weighted by atomic mass is 16.3. The van der Waals surface area contributed by atoms with Crippen LogP contribution in [0.15, 0.2) is 60.7 Å². The second kappa shape index (κ2) is 9.75. The molecule has 0 radical (unpaired) electrons. The van der Waals surface area contributed by atoms with E-state index >= 15 is 0 Å². The predicted octanol–water partition coefficient (Wildman–Crippen LogP) is 6.52. The van der Waals surface area contributed by atoms with Gasteiger partial charge in [-0.1, -0.05) is 48.5 Å². The van der Waals surface area contributed by atoms with E-state index in [9.17, 15) is 20.4 Å². The van der Waals surface area contributed by atoms with Crippen LogP contribution in [0, 0.1) is 27.7 Å². The molecule has 0 aromatic heterocycles. The highest BCUT2D eigenvalue weighted by Crippen LogP contribution is 2.36. The Kier molecular flexibility index (Phi) is 6.74. The summed E-state index contributed by atoms with van der Waals surface area (Å²) in [4.78, 5) is 0. The molecule has 0 saturated carbocycles. The summed E-state index contributed by atoms with van der Waals surface area (Å²) in [5.74, 6) is 0.947. The van der Waals surface area contributed by atoms with Crippen molar-refractivity contribution in [3.05, 3.63) is 116 Å². The van der Waals surface area contributed by atoms with Gasteiger partial charge in [0.1, 0.15) is 23.0 Å². The van der Waals surface area contributed by atoms with Gasteiger partial charge >= 0.3 is 0 Å². The molecule has 0 unspecified atom stereocenters. The molecule has 0 aliphatic heterocycles. The lowest BCUT2D eigenvalue weighted by Crippen LogP contribution is -2.04. The summed E-state index contributed by atoms with van der Waals surface area (Å²) in [6.45, 7) is 7.81. The molecule has 35 heavy (non-hydrogen) atoms. The van der Waals surface area contributed by atoms with Gasteiger partial charge in [-0.25, -0.2) is 0 Å². The van der Waals surface area contributed by atoms with Crippen LogP contribution in [0.1, 0.15) is 55.6 Å². The Morgan fingerprint density at radius 1 is 0.486 bits per heavy atom. The zero-order chi connectivity index (χ0) is 25.3. The third-order valence-corrected chi connectivity index (χ3v) is 7.07. The fourth-order valence-electron chi connectivity index (χ4n) is 4.80. The summed E-state index contributed by atoms with van der Waals surface area (Å²) in [7, 11) is 0. The summed E-state index contributed by atoms with van der Waals surface area (Å²) in [5.41, 5.74) is 8.89. The van der Waals surface area contributed by atoms with Gasteiger partial charge in [-0.15, -0.1) is 0 Å². The first-order chi connectivity index (χ1) is 16.7. The van der Waals surface area contributed by atoms with Gasteiger partial charge in [0, 0.05) is 24.0 Å². The van der Waals surface area contributed by atoms with Crippen molar-refractivity contribution in [3.8, 4) is 23.0 Å². The first kappa shape index (κ1) is 24.2. The lowest BCUT2D eigenvalue weighted by Gasteiger charge is -2.20. The smallest absolute Gasteiger partial charge is 0.122 e. The Morgan fingerprint density at radius 3 is 1.23 bits per heavy atom. The molecule has 0 aliphatic carbocycles. The van der Waals surface area contributed by atoms with Gasteiger partial charge in [-0.05, 0) is 90.8 Å². The van der Waals surface area contributed by atoms with Gasteiger partial charge in [0.05, 0.1) is 0 Å². The average Bonchev–Trinajstić information content (AvgIpc) is 2.83. The van der Waals surface area contributed by atoms with Crippen LogP contribution < -0.4 is 0 Å². The van der Waals surface area contributed by atoms with Crippen molar-refractivity contribution in [1.82, 2.24) is 0 Å². The fourth-order valence-corrected chi connectivity index (χ4v) is 4.80. The lowest BCUT2D eigenvalue weighted by molar-refractivity contribution is 0.459. The van der Waals surface area contributed by atoms with E-state index in [0.717, 1.165) is 55.6 Å². The van der Waals surface area contributed by atoms with E-state index in [1.165, 1.54) is 0 Å². The molecule has 0 heterocycles. The minimum absolute atomic E-state index is 0.216. The van der Waals surface area contributed by atoms with Crippen molar-refractivity contribution in [2.45, 2.75) is 47.0 Å². The van der Waals surface area contributed by atoms with E-state index in [1.54, 1.807) is 24.3 Å². The number of aromatic hydroxyl groups is 4. The van der Waals surface area contributed by atoms with Crippen LogP contribution in [0.2, 0.25) is 0 Å². The van der Waals surface area contributed by atoms with E-state index in [2.05, 4.69) is 0 Å². The number of benzene rings is 4. The summed E-state index contributed by atoms with van der Waals surface area (Å²) in [6, 6.07) is 18.4. The Bertz CT molecular complexity index is 1290. The topological polar surface area (TPSA) is 80.9 Å². The summed E-state index contributed by atoms with van der Waals surface area (Å²) < 4.78 is 0. The molecule has 180 valence electrons. The molecule has 4 nitrogen and oxygen atoms in total. The van der Waals surface area contributed by atoms with Crippen molar-refractivity contribution in [2.75, 3.05) is 0 Å².